The number of H-pyrrole nitrogens is 1. The summed E-state index contributed by atoms with van der Waals surface area (Å²) in [5, 5.41) is 6.40. The maximum Gasteiger partial charge on any atom is 0.289 e. The van der Waals surface area contributed by atoms with E-state index >= 15 is 0 Å². The summed E-state index contributed by atoms with van der Waals surface area (Å²) in [6.07, 6.45) is 1.86. The molecule has 3 aliphatic rings. The van der Waals surface area contributed by atoms with Gasteiger partial charge in [0, 0.05) is 36.3 Å². The van der Waals surface area contributed by atoms with E-state index in [4.69, 9.17) is 0 Å². The molecule has 218 valence electrons. The Morgan fingerprint density at radius 2 is 1.79 bits per heavy atom. The summed E-state index contributed by atoms with van der Waals surface area (Å²) in [4.78, 5) is 71.4. The van der Waals surface area contributed by atoms with Crippen molar-refractivity contribution in [1.82, 2.24) is 20.5 Å². The smallest absolute Gasteiger partial charge is 0.289 e. The zero-order valence-corrected chi connectivity index (χ0v) is 23.9. The summed E-state index contributed by atoms with van der Waals surface area (Å²) in [5.41, 5.74) is 1.94. The van der Waals surface area contributed by atoms with Gasteiger partial charge in [0.05, 0.1) is 6.04 Å². The Morgan fingerprint density at radius 1 is 1.05 bits per heavy atom. The number of amides is 3. The molecule has 0 radical (unpaired) electrons. The Labute approximate surface area is 244 Å². The highest BCUT2D eigenvalue weighted by atomic mass is 16.2. The van der Waals surface area contributed by atoms with Crippen molar-refractivity contribution in [3.8, 4) is 0 Å². The van der Waals surface area contributed by atoms with Gasteiger partial charge in [-0.2, -0.15) is 0 Å². The van der Waals surface area contributed by atoms with Crippen molar-refractivity contribution in [3.05, 3.63) is 71.9 Å². The number of hydrogen-bond acceptors (Lipinski definition) is 5. The fourth-order valence-electron chi connectivity index (χ4n) is 7.07. The summed E-state index contributed by atoms with van der Waals surface area (Å²) >= 11 is 0. The third-order valence-electron chi connectivity index (χ3n) is 9.60. The molecule has 2 heterocycles. The lowest BCUT2D eigenvalue weighted by molar-refractivity contribution is -0.141. The number of aromatic nitrogens is 1. The molecule has 42 heavy (non-hydrogen) atoms. The second-order valence-corrected chi connectivity index (χ2v) is 12.5. The number of hydrogen-bond donors (Lipinski definition) is 3. The number of rotatable bonds is 9. The number of Topliss-reactive ketones (excluding diaryl/α,β-unsaturated/α-hetero) is 2. The average Bonchev–Trinajstić information content (AvgIpc) is 3.50. The van der Waals surface area contributed by atoms with Crippen LogP contribution in [0.25, 0.3) is 10.9 Å². The lowest BCUT2D eigenvalue weighted by Crippen LogP contribution is -2.55. The molecule has 6 rings (SSSR count). The van der Waals surface area contributed by atoms with E-state index in [2.05, 4.69) is 29.5 Å². The van der Waals surface area contributed by atoms with E-state index in [0.717, 1.165) is 22.9 Å². The highest BCUT2D eigenvalue weighted by Gasteiger charge is 2.69. The van der Waals surface area contributed by atoms with Gasteiger partial charge in [-0.1, -0.05) is 62.4 Å². The first-order valence-electron chi connectivity index (χ1n) is 14.7. The van der Waals surface area contributed by atoms with Crippen molar-refractivity contribution < 1.29 is 24.0 Å². The van der Waals surface area contributed by atoms with E-state index in [-0.39, 0.29) is 47.8 Å². The topological polar surface area (TPSA) is 128 Å². The Bertz CT molecular complexity index is 1530. The number of carbonyl (C=O) groups is 5. The number of para-hydroxylation sites is 1. The van der Waals surface area contributed by atoms with Crippen LogP contribution < -0.4 is 10.6 Å². The van der Waals surface area contributed by atoms with Crippen LogP contribution in [-0.4, -0.2) is 57.8 Å². The number of nitrogens with one attached hydrogen (secondary N) is 3. The third kappa shape index (κ3) is 5.12. The minimum Gasteiger partial charge on any atom is -0.351 e. The minimum absolute atomic E-state index is 0.0478. The molecule has 1 saturated heterocycles. The fourth-order valence-corrected chi connectivity index (χ4v) is 7.07. The molecule has 0 bridgehead atoms. The zero-order chi connectivity index (χ0) is 29.6. The van der Waals surface area contributed by atoms with Gasteiger partial charge in [0.15, 0.2) is 0 Å². The lowest BCUT2D eigenvalue weighted by atomic mass is 9.93. The lowest BCUT2D eigenvalue weighted by Gasteiger charge is -2.31. The van der Waals surface area contributed by atoms with Gasteiger partial charge in [0.25, 0.3) is 11.8 Å². The number of nitrogens with zero attached hydrogens (tertiary/aromatic N) is 1. The number of fused-ring (bicyclic) bond motifs is 2. The van der Waals surface area contributed by atoms with Crippen LogP contribution in [0.1, 0.15) is 55.6 Å². The molecule has 9 nitrogen and oxygen atoms in total. The largest absolute Gasteiger partial charge is 0.351 e. The normalized spacial score (nSPS) is 24.7. The van der Waals surface area contributed by atoms with Gasteiger partial charge in [0.2, 0.25) is 11.7 Å². The molecule has 3 fully saturated rings. The van der Waals surface area contributed by atoms with Crippen molar-refractivity contribution in [2.45, 2.75) is 58.2 Å². The molecule has 2 aromatic carbocycles. The molecule has 5 atom stereocenters. The molecule has 2 aliphatic carbocycles. The fraction of sp³-hybridized carbons (Fsp3) is 0.424. The monoisotopic (exact) mass is 568 g/mol. The number of aromatic amines is 1. The first-order valence-corrected chi connectivity index (χ1v) is 14.7. The molecular weight excluding hydrogens is 532 g/mol. The molecule has 9 heteroatoms. The Morgan fingerprint density at radius 3 is 2.50 bits per heavy atom. The molecule has 1 aliphatic heterocycles. The highest BCUT2D eigenvalue weighted by molar-refractivity contribution is 6.38. The number of ketones is 2. The van der Waals surface area contributed by atoms with Gasteiger partial charge in [0.1, 0.15) is 17.5 Å². The zero-order valence-electron chi connectivity index (χ0n) is 23.9. The second-order valence-electron chi connectivity index (χ2n) is 12.5. The maximum atomic E-state index is 14.0. The Kier molecular flexibility index (Phi) is 7.20. The van der Waals surface area contributed by atoms with E-state index in [0.29, 0.717) is 25.1 Å². The summed E-state index contributed by atoms with van der Waals surface area (Å²) in [5.74, 6) is -2.58. The first-order chi connectivity index (χ1) is 20.1. The molecule has 5 unspecified atom stereocenters. The predicted molar refractivity (Wildman–Crippen MR) is 156 cm³/mol. The van der Waals surface area contributed by atoms with Gasteiger partial charge in [-0.05, 0) is 54.2 Å². The number of likely N-dealkylation sites (tertiary alicyclic amines) is 1. The third-order valence-corrected chi connectivity index (χ3v) is 9.60. The van der Waals surface area contributed by atoms with Crippen molar-refractivity contribution in [3.63, 3.8) is 0 Å². The van der Waals surface area contributed by atoms with Crippen LogP contribution in [0.4, 0.5) is 0 Å². The molecule has 1 aromatic heterocycles. The van der Waals surface area contributed by atoms with Crippen LogP contribution in [0.3, 0.4) is 0 Å². The van der Waals surface area contributed by atoms with Crippen LogP contribution in [0.2, 0.25) is 0 Å². The van der Waals surface area contributed by atoms with E-state index < -0.39 is 29.7 Å². The average molecular weight is 569 g/mol. The van der Waals surface area contributed by atoms with E-state index in [1.807, 2.05) is 54.6 Å². The van der Waals surface area contributed by atoms with Crippen LogP contribution in [-0.2, 0) is 25.7 Å². The van der Waals surface area contributed by atoms with Crippen LogP contribution in [0.5, 0.6) is 0 Å². The van der Waals surface area contributed by atoms with E-state index in [9.17, 15) is 24.0 Å². The molecule has 3 amide bonds. The highest BCUT2D eigenvalue weighted by Crippen LogP contribution is 2.65. The summed E-state index contributed by atoms with van der Waals surface area (Å²) in [7, 11) is 0. The van der Waals surface area contributed by atoms with E-state index in [1.54, 1.807) is 11.0 Å². The standard InChI is InChI=1S/C33H36N4O5/c1-33(2)22-18-37(32(42)25-15-20-11-6-7-13-23(20)35-25)28(27(22)33)30(40)36-24(16-21-12-8-14-26(21)38)29(39)31(41)34-17-19-9-4-3-5-10-19/h3-7,9-11,13,15,21-22,24,27-28,35H,8,12,14,16-18H2,1-2H3,(H,34,41)(H,36,40). The second kappa shape index (κ2) is 10.9. The molecular formula is C33H36N4O5. The van der Waals surface area contributed by atoms with Gasteiger partial charge >= 0.3 is 0 Å². The number of piperidine rings is 1. The van der Waals surface area contributed by atoms with Crippen LogP contribution >= 0.6 is 0 Å². The maximum absolute atomic E-state index is 14.0. The van der Waals surface area contributed by atoms with E-state index in [1.165, 1.54) is 0 Å². The molecule has 3 aromatic rings. The molecule has 2 saturated carbocycles. The van der Waals surface area contributed by atoms with Gasteiger partial charge < -0.3 is 20.5 Å². The quantitative estimate of drug-likeness (QED) is 0.341. The number of carbonyl (C=O) groups excluding carboxylic acids is 5. The van der Waals surface area contributed by atoms with Gasteiger partial charge in [-0.15, -0.1) is 0 Å². The Balaban J connectivity index is 1.22. The van der Waals surface area contributed by atoms with Gasteiger partial charge in [-0.3, -0.25) is 24.0 Å². The minimum atomic E-state index is -1.16. The van der Waals surface area contributed by atoms with Gasteiger partial charge in [-0.25, -0.2) is 0 Å². The molecule has 3 N–H and O–H groups in total. The van der Waals surface area contributed by atoms with Crippen LogP contribution in [0.15, 0.2) is 60.7 Å². The molecule has 0 spiro atoms. The first kappa shape index (κ1) is 27.9. The van der Waals surface area contributed by atoms with Crippen molar-refractivity contribution in [2.24, 2.45) is 23.2 Å². The summed E-state index contributed by atoms with van der Waals surface area (Å²) in [6, 6.07) is 16.7. The van der Waals surface area contributed by atoms with Crippen molar-refractivity contribution >= 4 is 40.2 Å². The summed E-state index contributed by atoms with van der Waals surface area (Å²) in [6.45, 7) is 4.78. The van der Waals surface area contributed by atoms with Crippen molar-refractivity contribution in [2.75, 3.05) is 6.54 Å². The SMILES string of the molecule is CC1(C)C2CN(C(=O)c3cc4ccccc4[nH]3)C(C(=O)NC(CC3CCCC3=O)C(=O)C(=O)NCc3ccccc3)C21. The van der Waals surface area contributed by atoms with Crippen LogP contribution in [0, 0.1) is 23.2 Å². The van der Waals surface area contributed by atoms with Crippen molar-refractivity contribution in [1.29, 1.82) is 0 Å². The summed E-state index contributed by atoms with van der Waals surface area (Å²) < 4.78 is 0. The number of benzene rings is 2. The predicted octanol–water partition coefficient (Wildman–Crippen LogP) is 3.39. The Hall–Kier alpha value is -4.27.